The summed E-state index contributed by atoms with van der Waals surface area (Å²) >= 11 is 6.56. The van der Waals surface area contributed by atoms with Crippen LogP contribution in [0.25, 0.3) is 10.3 Å². The molecule has 0 bridgehead atoms. The highest BCUT2D eigenvalue weighted by molar-refractivity contribution is 7.21. The molecule has 8 nitrogen and oxygen atoms in total. The molecule has 0 aromatic carbocycles. The fourth-order valence-electron chi connectivity index (χ4n) is 1.95. The number of fused-ring (bicyclic) bond motifs is 1. The maximum absolute atomic E-state index is 12.2. The van der Waals surface area contributed by atoms with Crippen LogP contribution in [0.5, 0.6) is 0 Å². The van der Waals surface area contributed by atoms with Gasteiger partial charge in [-0.3, -0.25) is 4.90 Å². The summed E-state index contributed by atoms with van der Waals surface area (Å²) in [5.74, 6) is -0.544. The second kappa shape index (κ2) is 8.04. The lowest BCUT2D eigenvalue weighted by atomic mass is 10.3. The van der Waals surface area contributed by atoms with Gasteiger partial charge in [-0.25, -0.2) is 24.4 Å². The smallest absolute Gasteiger partial charge is 0.350 e. The average Bonchev–Trinajstić information content (AvgIpc) is 2.95. The van der Waals surface area contributed by atoms with Gasteiger partial charge in [-0.05, 0) is 6.92 Å². The summed E-state index contributed by atoms with van der Waals surface area (Å²) in [6, 6.07) is -0.598. The fraction of sp³-hybridized carbons (Fsp3) is 0.385. The molecule has 2 aromatic rings. The van der Waals surface area contributed by atoms with E-state index in [1.807, 2.05) is 4.84 Å². The molecule has 1 N–H and O–H groups in total. The Morgan fingerprint density at radius 3 is 2.78 bits per heavy atom. The summed E-state index contributed by atoms with van der Waals surface area (Å²) in [5, 5.41) is 0. The number of aromatic nitrogens is 2. The van der Waals surface area contributed by atoms with Crippen LogP contribution in [0.15, 0.2) is 12.4 Å². The third-order valence-corrected chi connectivity index (χ3v) is 4.10. The molecule has 0 fully saturated rings. The van der Waals surface area contributed by atoms with Gasteiger partial charge >= 0.3 is 12.0 Å². The highest BCUT2D eigenvalue weighted by Crippen LogP contribution is 2.36. The molecule has 0 aliphatic carbocycles. The lowest BCUT2D eigenvalue weighted by Gasteiger charge is -2.21. The number of anilines is 1. The van der Waals surface area contributed by atoms with Gasteiger partial charge in [0.2, 0.25) is 0 Å². The molecule has 2 amide bonds. The third-order valence-electron chi connectivity index (χ3n) is 2.88. The molecule has 0 aliphatic rings. The topological polar surface area (TPSA) is 93.7 Å². The summed E-state index contributed by atoms with van der Waals surface area (Å²) < 4.78 is 10.1. The van der Waals surface area contributed by atoms with Crippen LogP contribution >= 0.6 is 23.1 Å². The largest absolute Gasteiger partial charge is 0.462 e. The van der Waals surface area contributed by atoms with Crippen molar-refractivity contribution in [1.82, 2.24) is 14.8 Å². The number of urea groups is 1. The molecule has 0 aliphatic heterocycles. The Balaban J connectivity index is 2.59. The average molecular weight is 359 g/mol. The van der Waals surface area contributed by atoms with Crippen molar-refractivity contribution in [2.24, 2.45) is 0 Å². The van der Waals surface area contributed by atoms with Crippen LogP contribution in [0.2, 0.25) is 0 Å². The summed E-state index contributed by atoms with van der Waals surface area (Å²) in [4.78, 5) is 36.8. The molecule has 0 saturated heterocycles. The van der Waals surface area contributed by atoms with E-state index in [0.29, 0.717) is 16.0 Å². The van der Waals surface area contributed by atoms with Gasteiger partial charge in [0, 0.05) is 31.3 Å². The number of nitrogens with zero attached hydrogens (tertiary/aromatic N) is 3. The van der Waals surface area contributed by atoms with Crippen LogP contribution in [0.1, 0.15) is 16.6 Å². The van der Waals surface area contributed by atoms with Crippen LogP contribution in [0, 0.1) is 0 Å². The summed E-state index contributed by atoms with van der Waals surface area (Å²) in [5.41, 5.74) is 0.740. The van der Waals surface area contributed by atoms with Gasteiger partial charge in [-0.1, -0.05) is 0 Å². The normalized spacial score (nSPS) is 10.6. The highest BCUT2D eigenvalue weighted by Gasteiger charge is 2.28. The number of rotatable bonds is 6. The molecule has 0 radical (unpaired) electrons. The van der Waals surface area contributed by atoms with Crippen molar-refractivity contribution in [3.63, 3.8) is 0 Å². The van der Waals surface area contributed by atoms with Crippen molar-refractivity contribution >= 4 is 51.1 Å². The molecule has 2 aromatic heterocycles. The van der Waals surface area contributed by atoms with E-state index in [2.05, 4.69) is 9.97 Å². The SMILES string of the molecule is CCOC(=O)c1sc2nccnc2c1N(CCOC)C(=O)NCl. The predicted octanol–water partition coefficient (Wildman–Crippen LogP) is 2.18. The molecule has 2 heterocycles. The van der Waals surface area contributed by atoms with E-state index >= 15 is 0 Å². The van der Waals surface area contributed by atoms with E-state index < -0.39 is 12.0 Å². The summed E-state index contributed by atoms with van der Waals surface area (Å²) in [6.07, 6.45) is 3.00. The van der Waals surface area contributed by atoms with Crippen molar-refractivity contribution in [3.05, 3.63) is 17.3 Å². The van der Waals surface area contributed by atoms with Gasteiger partial charge in [0.15, 0.2) is 0 Å². The number of ether oxygens (including phenoxy) is 2. The van der Waals surface area contributed by atoms with Crippen LogP contribution in [-0.4, -0.2) is 48.8 Å². The number of carbonyl (C=O) groups is 2. The number of esters is 1. The lowest BCUT2D eigenvalue weighted by molar-refractivity contribution is 0.0533. The maximum atomic E-state index is 12.2. The number of halogens is 1. The molecule has 2 rings (SSSR count). The highest BCUT2D eigenvalue weighted by atomic mass is 35.5. The Labute approximate surface area is 141 Å². The van der Waals surface area contributed by atoms with E-state index in [-0.39, 0.29) is 24.6 Å². The van der Waals surface area contributed by atoms with Gasteiger partial charge < -0.3 is 9.47 Å². The molecular formula is C13H15ClN4O4S. The van der Waals surface area contributed by atoms with Crippen molar-refractivity contribution in [2.45, 2.75) is 6.92 Å². The van der Waals surface area contributed by atoms with Gasteiger partial charge in [0.05, 0.1) is 25.4 Å². The van der Waals surface area contributed by atoms with Crippen molar-refractivity contribution < 1.29 is 19.1 Å². The number of nitrogens with one attached hydrogen (secondary N) is 1. The van der Waals surface area contributed by atoms with Crippen molar-refractivity contribution in [3.8, 4) is 0 Å². The van der Waals surface area contributed by atoms with Gasteiger partial charge in [0.25, 0.3) is 0 Å². The second-order valence-corrected chi connectivity index (χ2v) is 5.44. The number of hydrogen-bond donors (Lipinski definition) is 1. The standard InChI is InChI=1S/C13H15ClN4O4S/c1-3-22-12(19)10-9(8-11(23-10)16-5-4-15-8)18(6-7-21-2)13(20)17-14/h4-5H,3,6-7H2,1-2H3,(H,17,20). The minimum atomic E-state index is -0.598. The Hall–Kier alpha value is -1.97. The number of methoxy groups -OCH3 is 1. The quantitative estimate of drug-likeness (QED) is 0.628. The molecule has 0 saturated carbocycles. The summed E-state index contributed by atoms with van der Waals surface area (Å²) in [6.45, 7) is 2.36. The Morgan fingerprint density at radius 1 is 1.39 bits per heavy atom. The molecule has 10 heteroatoms. The first kappa shape index (κ1) is 17.4. The Morgan fingerprint density at radius 2 is 2.13 bits per heavy atom. The van der Waals surface area contributed by atoms with Crippen molar-refractivity contribution in [1.29, 1.82) is 0 Å². The first-order chi connectivity index (χ1) is 11.1. The second-order valence-electron chi connectivity index (χ2n) is 4.25. The van der Waals surface area contributed by atoms with Gasteiger partial charge in [-0.2, -0.15) is 0 Å². The van der Waals surface area contributed by atoms with Crippen LogP contribution in [0.3, 0.4) is 0 Å². The van der Waals surface area contributed by atoms with Gasteiger partial charge in [-0.15, -0.1) is 11.3 Å². The lowest BCUT2D eigenvalue weighted by Crippen LogP contribution is -2.39. The van der Waals surface area contributed by atoms with E-state index in [9.17, 15) is 9.59 Å². The number of carbonyl (C=O) groups excluding carboxylic acids is 2. The molecule has 124 valence electrons. The zero-order valence-corrected chi connectivity index (χ0v) is 14.1. The van der Waals surface area contributed by atoms with E-state index in [0.717, 1.165) is 11.3 Å². The number of hydrogen-bond acceptors (Lipinski definition) is 7. The fourth-order valence-corrected chi connectivity index (χ4v) is 3.05. The minimum Gasteiger partial charge on any atom is -0.462 e. The molecule has 0 unspecified atom stereocenters. The van der Waals surface area contributed by atoms with Gasteiger partial charge in [0.1, 0.15) is 15.2 Å². The van der Waals surface area contributed by atoms with E-state index in [1.54, 1.807) is 6.92 Å². The minimum absolute atomic E-state index is 0.184. The summed E-state index contributed by atoms with van der Waals surface area (Å²) in [7, 11) is 1.51. The molecule has 23 heavy (non-hydrogen) atoms. The number of thiophene rings is 1. The van der Waals surface area contributed by atoms with E-state index in [4.69, 9.17) is 21.3 Å². The molecular weight excluding hydrogens is 344 g/mol. The zero-order valence-electron chi connectivity index (χ0n) is 12.5. The van der Waals surface area contributed by atoms with Crippen LogP contribution in [-0.2, 0) is 9.47 Å². The zero-order chi connectivity index (χ0) is 16.8. The Kier molecular flexibility index (Phi) is 6.08. The van der Waals surface area contributed by atoms with Crippen molar-refractivity contribution in [2.75, 3.05) is 31.8 Å². The van der Waals surface area contributed by atoms with Crippen LogP contribution < -0.4 is 9.74 Å². The Bertz CT molecular complexity index is 708. The number of amides is 2. The monoisotopic (exact) mass is 358 g/mol. The molecule has 0 atom stereocenters. The first-order valence-corrected chi connectivity index (χ1v) is 7.91. The maximum Gasteiger partial charge on any atom is 0.350 e. The third kappa shape index (κ3) is 3.69. The predicted molar refractivity (Wildman–Crippen MR) is 87.0 cm³/mol. The first-order valence-electron chi connectivity index (χ1n) is 6.71. The molecule has 0 spiro atoms. The van der Waals surface area contributed by atoms with E-state index in [1.165, 1.54) is 24.4 Å². The van der Waals surface area contributed by atoms with Crippen LogP contribution in [0.4, 0.5) is 10.5 Å².